The van der Waals surface area contributed by atoms with Gasteiger partial charge in [-0.1, -0.05) is 223 Å². The van der Waals surface area contributed by atoms with Gasteiger partial charge < -0.3 is 0 Å². The zero-order valence-electron chi connectivity index (χ0n) is 28.7. The van der Waals surface area contributed by atoms with Gasteiger partial charge in [0.25, 0.3) is 0 Å². The topological polar surface area (TPSA) is 12.9 Å². The minimum Gasteiger partial charge on any atom is -0.265 e. The van der Waals surface area contributed by atoms with E-state index >= 15 is 0 Å². The van der Waals surface area contributed by atoms with Crippen molar-refractivity contribution in [3.8, 4) is 0 Å². The summed E-state index contributed by atoms with van der Waals surface area (Å²) in [5, 5.41) is 8.25. The van der Waals surface area contributed by atoms with E-state index in [-0.39, 0.29) is 27.1 Å². The number of hydrogen-bond donors (Lipinski definition) is 0. The molecule has 0 bridgehead atoms. The average molecular weight is 796 g/mol. The van der Waals surface area contributed by atoms with Crippen molar-refractivity contribution in [3.05, 3.63) is 231 Å². The molecule has 0 saturated heterocycles. The van der Waals surface area contributed by atoms with Gasteiger partial charge in [-0.15, -0.1) is 0 Å². The number of benzene rings is 7. The molecule has 1 heterocycles. The van der Waals surface area contributed by atoms with Crippen LogP contribution in [0.4, 0.5) is 0 Å². The van der Waals surface area contributed by atoms with Crippen molar-refractivity contribution in [2.45, 2.75) is 0 Å². The van der Waals surface area contributed by atoms with Crippen LogP contribution in [0.2, 0.25) is 0 Å². The first-order valence-corrected chi connectivity index (χ1v) is 19.9. The van der Waals surface area contributed by atoms with Crippen molar-refractivity contribution >= 4 is 70.8 Å². The molecule has 0 amide bonds. The van der Waals surface area contributed by atoms with Crippen LogP contribution in [0.1, 0.15) is 0 Å². The zero-order valence-corrected chi connectivity index (χ0v) is 32.0. The van der Waals surface area contributed by atoms with Crippen LogP contribution in [-0.2, 0) is 20.4 Å². The second kappa shape index (κ2) is 19.2. The molecule has 0 atom stereocenters. The van der Waals surface area contributed by atoms with Gasteiger partial charge in [0.2, 0.25) is 6.71 Å². The molecule has 8 aromatic rings. The molecule has 8 rings (SSSR count). The fourth-order valence-electron chi connectivity index (χ4n) is 6.52. The smallest absolute Gasteiger partial charge is 0.242 e. The fraction of sp³-hybridized carbons (Fsp3) is 0. The fourth-order valence-corrected chi connectivity index (χ4v) is 11.5. The molecule has 5 heteroatoms. The molecule has 1 aromatic heterocycles. The van der Waals surface area contributed by atoms with Crippen molar-refractivity contribution in [2.75, 3.05) is 0 Å². The van der Waals surface area contributed by atoms with Crippen molar-refractivity contribution < 1.29 is 20.4 Å². The van der Waals surface area contributed by atoms with Gasteiger partial charge in [-0.3, -0.25) is 4.98 Å². The Bertz CT molecular complexity index is 1980. The molecule has 0 unspecified atom stereocenters. The van der Waals surface area contributed by atoms with E-state index in [1.165, 1.54) is 48.2 Å². The molecule has 7 aromatic carbocycles. The summed E-state index contributed by atoms with van der Waals surface area (Å²) in [5.41, 5.74) is 4.04. The van der Waals surface area contributed by atoms with E-state index in [1.807, 2.05) is 18.2 Å². The Hall–Kier alpha value is -4.72. The Balaban J connectivity index is 0.000000604. The van der Waals surface area contributed by atoms with Gasteiger partial charge in [0.15, 0.2) is 0 Å². The summed E-state index contributed by atoms with van der Waals surface area (Å²) < 4.78 is 0. The quantitative estimate of drug-likeness (QED) is 0.116. The third kappa shape index (κ3) is 9.01. The number of hydrogen-bond acceptors (Lipinski definition) is 1. The molecule has 254 valence electrons. The van der Waals surface area contributed by atoms with Crippen LogP contribution in [-0.4, -0.2) is 11.7 Å². The summed E-state index contributed by atoms with van der Waals surface area (Å²) in [6, 6.07) is 79.4. The molecule has 0 aliphatic carbocycles. The van der Waals surface area contributed by atoms with Crippen LogP contribution in [0.15, 0.2) is 231 Å². The molecule has 0 N–H and O–H groups in total. The van der Waals surface area contributed by atoms with Crippen molar-refractivity contribution in [3.63, 3.8) is 0 Å². The molecule has 1 nitrogen and oxygen atoms in total. The molecular formula is C47H38BNP2Pd. The first kappa shape index (κ1) is 37.0. The molecule has 0 spiro atoms. The van der Waals surface area contributed by atoms with Crippen LogP contribution in [0, 0.1) is 0 Å². The van der Waals surface area contributed by atoms with Gasteiger partial charge in [0, 0.05) is 32.8 Å². The Kier molecular flexibility index (Phi) is 13.7. The van der Waals surface area contributed by atoms with Crippen LogP contribution in [0.25, 0.3) is 0 Å². The van der Waals surface area contributed by atoms with Gasteiger partial charge in [0.1, 0.15) is 0 Å². The van der Waals surface area contributed by atoms with Crippen LogP contribution in [0.5, 0.6) is 0 Å². The summed E-state index contributed by atoms with van der Waals surface area (Å²) in [5.74, 6) is 0. The third-order valence-electron chi connectivity index (χ3n) is 8.73. The van der Waals surface area contributed by atoms with E-state index in [0.717, 1.165) is 0 Å². The Morgan fingerprint density at radius 1 is 0.308 bits per heavy atom. The first-order valence-electron chi connectivity index (χ1n) is 17.3. The maximum absolute atomic E-state index is 3.78. The minimum atomic E-state index is -0.787. The first-order chi connectivity index (χ1) is 25.4. The molecule has 0 aliphatic rings. The third-order valence-corrected chi connectivity index (χ3v) is 13.8. The normalized spacial score (nSPS) is 10.5. The number of pyridine rings is 1. The van der Waals surface area contributed by atoms with E-state index in [1.54, 1.807) is 12.4 Å². The van der Waals surface area contributed by atoms with E-state index in [2.05, 4.69) is 205 Å². The van der Waals surface area contributed by atoms with E-state index in [4.69, 9.17) is 0 Å². The molecule has 0 saturated carbocycles. The molecule has 0 aliphatic heterocycles. The zero-order chi connectivity index (χ0) is 34.5. The second-order valence-corrected chi connectivity index (χ2v) is 16.4. The van der Waals surface area contributed by atoms with E-state index < -0.39 is 15.8 Å². The predicted molar refractivity (Wildman–Crippen MR) is 226 cm³/mol. The Labute approximate surface area is 325 Å². The summed E-state index contributed by atoms with van der Waals surface area (Å²) >= 11 is 0. The van der Waals surface area contributed by atoms with Gasteiger partial charge in [0.05, 0.1) is 0 Å². The largest absolute Gasteiger partial charge is 0.265 e. The summed E-state index contributed by atoms with van der Waals surface area (Å²) in [7, 11) is -1.57. The summed E-state index contributed by atoms with van der Waals surface area (Å²) in [6.07, 6.45) is 3.50. The van der Waals surface area contributed by atoms with Crippen molar-refractivity contribution in [1.82, 2.24) is 4.98 Å². The number of aromatic nitrogens is 1. The maximum atomic E-state index is 3.78. The van der Waals surface area contributed by atoms with Gasteiger partial charge in [-0.25, -0.2) is 0 Å². The van der Waals surface area contributed by atoms with Gasteiger partial charge >= 0.3 is 0 Å². The van der Waals surface area contributed by atoms with Crippen LogP contribution < -0.4 is 48.2 Å². The predicted octanol–water partition coefficient (Wildman–Crippen LogP) is 6.80. The van der Waals surface area contributed by atoms with Crippen molar-refractivity contribution in [2.24, 2.45) is 0 Å². The summed E-state index contributed by atoms with van der Waals surface area (Å²) in [6.45, 7) is 0.0634. The van der Waals surface area contributed by atoms with Crippen LogP contribution >= 0.6 is 15.8 Å². The van der Waals surface area contributed by atoms with E-state index in [9.17, 15) is 0 Å². The second-order valence-electron chi connectivity index (χ2n) is 12.0. The molecule has 0 radical (unpaired) electrons. The van der Waals surface area contributed by atoms with Crippen molar-refractivity contribution in [1.29, 1.82) is 0 Å². The minimum absolute atomic E-state index is 0. The number of nitrogens with zero attached hydrogens (tertiary/aromatic N) is 1. The number of rotatable bonds is 9. The Morgan fingerprint density at radius 2 is 0.596 bits per heavy atom. The maximum Gasteiger partial charge on any atom is 0.242 e. The van der Waals surface area contributed by atoms with Crippen LogP contribution in [0.3, 0.4) is 0 Å². The SMILES string of the molecule is [Pd].c1ccc(B(c2ccccc2P(c2ccccc2)c2ccccc2)c2ccccc2P(c2ccccc2)c2ccccc2)cc1.c1ccncc1. The Morgan fingerprint density at radius 3 is 0.904 bits per heavy atom. The molecular weight excluding hydrogens is 758 g/mol. The van der Waals surface area contributed by atoms with Gasteiger partial charge in [-0.2, -0.15) is 0 Å². The standard InChI is InChI=1S/C42H33BP2.C5H5N.Pd/c1-6-20-34(21-7-1)43(39-30-16-18-32-41(39)44(35-22-8-2-9-23-35)36-24-10-3-11-25-36)40-31-17-19-33-42(40)45(37-26-12-4-13-27-37)38-28-14-5-15-29-38;1-2-4-6-5-3-1;/h1-33H;1-5H;. The summed E-state index contributed by atoms with van der Waals surface area (Å²) in [4.78, 5) is 3.78. The molecule has 52 heavy (non-hydrogen) atoms. The molecule has 0 fully saturated rings. The average Bonchev–Trinajstić information content (AvgIpc) is 3.22. The van der Waals surface area contributed by atoms with Gasteiger partial charge in [-0.05, 0) is 59.8 Å². The van der Waals surface area contributed by atoms with E-state index in [0.29, 0.717) is 0 Å². The monoisotopic (exact) mass is 795 g/mol.